The van der Waals surface area contributed by atoms with Gasteiger partial charge in [-0.25, -0.2) is 9.78 Å². The summed E-state index contributed by atoms with van der Waals surface area (Å²) in [5, 5.41) is 0. The molecule has 0 amide bonds. The smallest absolute Gasteiger partial charge is 0.358 e. The van der Waals surface area contributed by atoms with E-state index in [1.165, 1.54) is 0 Å². The first-order valence-corrected chi connectivity index (χ1v) is 6.86. The van der Waals surface area contributed by atoms with Crippen LogP contribution in [0.15, 0.2) is 35.1 Å². The van der Waals surface area contributed by atoms with Crippen LogP contribution in [0.3, 0.4) is 0 Å². The Morgan fingerprint density at radius 3 is 2.68 bits per heavy atom. The molecule has 0 saturated heterocycles. The molecule has 1 heterocycles. The van der Waals surface area contributed by atoms with Gasteiger partial charge in [-0.3, -0.25) is 0 Å². The molecule has 0 aliphatic carbocycles. The van der Waals surface area contributed by atoms with Gasteiger partial charge in [0, 0.05) is 6.54 Å². The highest BCUT2D eigenvalue weighted by Crippen LogP contribution is 2.19. The summed E-state index contributed by atoms with van der Waals surface area (Å²) in [4.78, 5) is 16.0. The van der Waals surface area contributed by atoms with Crippen molar-refractivity contribution in [1.82, 2.24) is 9.55 Å². The third-order valence-electron chi connectivity index (χ3n) is 2.83. The van der Waals surface area contributed by atoms with E-state index >= 15 is 0 Å². The van der Waals surface area contributed by atoms with Crippen molar-refractivity contribution in [3.8, 4) is 0 Å². The molecule has 19 heavy (non-hydrogen) atoms. The van der Waals surface area contributed by atoms with Gasteiger partial charge in [-0.2, -0.15) is 0 Å². The van der Waals surface area contributed by atoms with Gasteiger partial charge in [0.1, 0.15) is 0 Å². The van der Waals surface area contributed by atoms with E-state index in [4.69, 9.17) is 4.74 Å². The topological polar surface area (TPSA) is 44.1 Å². The molecule has 0 unspecified atom stereocenters. The Hall–Kier alpha value is -1.62. The quantitative estimate of drug-likeness (QED) is 0.812. The first kappa shape index (κ1) is 13.8. The number of ether oxygens (including phenoxy) is 1. The molecule has 100 valence electrons. The lowest BCUT2D eigenvalue weighted by Gasteiger charge is -2.07. The van der Waals surface area contributed by atoms with Crippen molar-refractivity contribution in [3.05, 3.63) is 52.0 Å². The maximum Gasteiger partial charge on any atom is 0.358 e. The number of carbonyl (C=O) groups excluding carboxylic acids is 1. The van der Waals surface area contributed by atoms with Crippen molar-refractivity contribution in [2.24, 2.45) is 0 Å². The van der Waals surface area contributed by atoms with E-state index < -0.39 is 0 Å². The normalized spacial score (nSPS) is 10.5. The standard InChI is InChI=1S/C14H15BrN2O2/c1-3-19-13(18)12-10(2)17(14(15)16-12)9-11-7-5-4-6-8-11/h4-8H,3,9H2,1-2H3. The van der Waals surface area contributed by atoms with Crippen LogP contribution in [-0.4, -0.2) is 22.1 Å². The number of halogens is 1. The van der Waals surface area contributed by atoms with Crippen LogP contribution in [0.25, 0.3) is 0 Å². The molecule has 0 fully saturated rings. The summed E-state index contributed by atoms with van der Waals surface area (Å²) in [5.74, 6) is -0.382. The molecule has 4 nitrogen and oxygen atoms in total. The number of aromatic nitrogens is 2. The van der Waals surface area contributed by atoms with Gasteiger partial charge in [-0.1, -0.05) is 30.3 Å². The largest absolute Gasteiger partial charge is 0.461 e. The predicted molar refractivity (Wildman–Crippen MR) is 76.2 cm³/mol. The van der Waals surface area contributed by atoms with Crippen LogP contribution in [0.1, 0.15) is 28.7 Å². The number of imidazole rings is 1. The van der Waals surface area contributed by atoms with Crippen molar-refractivity contribution >= 4 is 21.9 Å². The van der Waals surface area contributed by atoms with Gasteiger partial charge >= 0.3 is 5.97 Å². The fourth-order valence-electron chi connectivity index (χ4n) is 1.84. The Morgan fingerprint density at radius 1 is 1.37 bits per heavy atom. The average Bonchev–Trinajstić information content (AvgIpc) is 2.68. The summed E-state index contributed by atoms with van der Waals surface area (Å²) >= 11 is 3.39. The lowest BCUT2D eigenvalue weighted by Crippen LogP contribution is -2.08. The first-order valence-electron chi connectivity index (χ1n) is 6.07. The van der Waals surface area contributed by atoms with E-state index in [2.05, 4.69) is 20.9 Å². The van der Waals surface area contributed by atoms with Crippen LogP contribution in [0, 0.1) is 6.92 Å². The maximum atomic E-state index is 11.8. The Balaban J connectivity index is 2.29. The zero-order chi connectivity index (χ0) is 13.8. The SMILES string of the molecule is CCOC(=O)c1nc(Br)n(Cc2ccccc2)c1C. The van der Waals surface area contributed by atoms with Crippen molar-refractivity contribution < 1.29 is 9.53 Å². The van der Waals surface area contributed by atoms with Crippen molar-refractivity contribution in [1.29, 1.82) is 0 Å². The molecule has 0 N–H and O–H groups in total. The predicted octanol–water partition coefficient (Wildman–Crippen LogP) is 3.18. The summed E-state index contributed by atoms with van der Waals surface area (Å²) in [6, 6.07) is 10.0. The number of carbonyl (C=O) groups is 1. The second-order valence-electron chi connectivity index (χ2n) is 4.11. The Bertz CT molecular complexity index is 579. The van der Waals surface area contributed by atoms with Gasteiger partial charge in [-0.15, -0.1) is 0 Å². The van der Waals surface area contributed by atoms with E-state index in [0.717, 1.165) is 11.3 Å². The van der Waals surface area contributed by atoms with Crippen LogP contribution in [0.4, 0.5) is 0 Å². The lowest BCUT2D eigenvalue weighted by atomic mass is 10.2. The molecule has 0 spiro atoms. The minimum atomic E-state index is -0.382. The number of nitrogens with zero attached hydrogens (tertiary/aromatic N) is 2. The van der Waals surface area contributed by atoms with Crippen LogP contribution < -0.4 is 0 Å². The van der Waals surface area contributed by atoms with Gasteiger partial charge in [0.05, 0.1) is 12.3 Å². The van der Waals surface area contributed by atoms with Gasteiger partial charge in [0.2, 0.25) is 0 Å². The molecule has 0 aliphatic heterocycles. The summed E-state index contributed by atoms with van der Waals surface area (Å²) in [5.41, 5.74) is 2.32. The molecule has 5 heteroatoms. The highest BCUT2D eigenvalue weighted by atomic mass is 79.9. The Morgan fingerprint density at radius 2 is 2.05 bits per heavy atom. The molecular formula is C14H15BrN2O2. The molecule has 1 aromatic heterocycles. The van der Waals surface area contributed by atoms with E-state index in [9.17, 15) is 4.79 Å². The summed E-state index contributed by atoms with van der Waals surface area (Å²) in [7, 11) is 0. The van der Waals surface area contributed by atoms with Crippen molar-refractivity contribution in [2.75, 3.05) is 6.61 Å². The molecule has 2 rings (SSSR count). The number of rotatable bonds is 4. The summed E-state index contributed by atoms with van der Waals surface area (Å²) in [6.45, 7) is 4.66. The lowest BCUT2D eigenvalue weighted by molar-refractivity contribution is 0.0519. The second kappa shape index (κ2) is 6.02. The first-order chi connectivity index (χ1) is 9.13. The molecule has 0 aliphatic rings. The van der Waals surface area contributed by atoms with E-state index in [1.807, 2.05) is 41.8 Å². The van der Waals surface area contributed by atoms with Gasteiger partial charge in [0.15, 0.2) is 10.4 Å². The Kier molecular flexibility index (Phi) is 4.37. The second-order valence-corrected chi connectivity index (χ2v) is 4.82. The van der Waals surface area contributed by atoms with Crippen LogP contribution in [0.5, 0.6) is 0 Å². The molecular weight excluding hydrogens is 308 g/mol. The van der Waals surface area contributed by atoms with Gasteiger partial charge in [0.25, 0.3) is 0 Å². The van der Waals surface area contributed by atoms with E-state index in [-0.39, 0.29) is 5.97 Å². The summed E-state index contributed by atoms with van der Waals surface area (Å²) in [6.07, 6.45) is 0. The highest BCUT2D eigenvalue weighted by Gasteiger charge is 2.19. The molecule has 0 bridgehead atoms. The summed E-state index contributed by atoms with van der Waals surface area (Å²) < 4.78 is 7.57. The van der Waals surface area contributed by atoms with Gasteiger partial charge in [-0.05, 0) is 35.3 Å². The van der Waals surface area contributed by atoms with E-state index in [0.29, 0.717) is 23.6 Å². The maximum absolute atomic E-state index is 11.8. The third kappa shape index (κ3) is 3.04. The molecule has 1 aromatic carbocycles. The average molecular weight is 323 g/mol. The fourth-order valence-corrected chi connectivity index (χ4v) is 2.41. The van der Waals surface area contributed by atoms with E-state index in [1.54, 1.807) is 6.92 Å². The fraction of sp³-hybridized carbons (Fsp3) is 0.286. The van der Waals surface area contributed by atoms with Crippen LogP contribution in [-0.2, 0) is 11.3 Å². The molecule has 0 atom stereocenters. The van der Waals surface area contributed by atoms with Crippen molar-refractivity contribution in [3.63, 3.8) is 0 Å². The minimum Gasteiger partial charge on any atom is -0.461 e. The van der Waals surface area contributed by atoms with Gasteiger partial charge < -0.3 is 9.30 Å². The molecule has 0 radical (unpaired) electrons. The zero-order valence-corrected chi connectivity index (χ0v) is 12.5. The molecule has 2 aromatic rings. The zero-order valence-electron chi connectivity index (χ0n) is 10.9. The number of hydrogen-bond acceptors (Lipinski definition) is 3. The van der Waals surface area contributed by atoms with Crippen LogP contribution in [0.2, 0.25) is 0 Å². The number of benzene rings is 1. The number of esters is 1. The van der Waals surface area contributed by atoms with Crippen molar-refractivity contribution in [2.45, 2.75) is 20.4 Å². The van der Waals surface area contributed by atoms with Crippen LogP contribution >= 0.6 is 15.9 Å². The monoisotopic (exact) mass is 322 g/mol. The number of hydrogen-bond donors (Lipinski definition) is 0. The third-order valence-corrected chi connectivity index (χ3v) is 3.43. The minimum absolute atomic E-state index is 0.349. The Labute approximate surface area is 120 Å². The highest BCUT2D eigenvalue weighted by molar-refractivity contribution is 9.10. The molecule has 0 saturated carbocycles.